The quantitative estimate of drug-likeness (QED) is 0.933. The first-order chi connectivity index (χ1) is 8.68. The Labute approximate surface area is 114 Å². The highest BCUT2D eigenvalue weighted by Crippen LogP contribution is 2.23. The molecule has 4 nitrogen and oxygen atoms in total. The topological polar surface area (TPSA) is 47.6 Å². The van der Waals surface area contributed by atoms with Gasteiger partial charge in [-0.2, -0.15) is 0 Å². The number of carbonyl (C=O) groups excluding carboxylic acids is 1. The van der Waals surface area contributed by atoms with Crippen molar-refractivity contribution in [2.75, 3.05) is 13.2 Å². The third-order valence-electron chi connectivity index (χ3n) is 2.59. The van der Waals surface area contributed by atoms with Gasteiger partial charge in [0.2, 0.25) is 5.76 Å². The van der Waals surface area contributed by atoms with Crippen LogP contribution in [0.15, 0.2) is 40.8 Å². The molecule has 1 aromatic carbocycles. The highest BCUT2D eigenvalue weighted by atomic mass is 79.9. The molecule has 1 heterocycles. The van der Waals surface area contributed by atoms with Gasteiger partial charge in [0.15, 0.2) is 0 Å². The highest BCUT2D eigenvalue weighted by Gasteiger charge is 2.18. The van der Waals surface area contributed by atoms with Crippen LogP contribution >= 0.6 is 15.9 Å². The lowest BCUT2D eigenvalue weighted by Crippen LogP contribution is -2.30. The molecule has 96 valence electrons. The smallest absolute Gasteiger partial charge is 0.290 e. The van der Waals surface area contributed by atoms with Crippen molar-refractivity contribution in [3.05, 3.63) is 46.3 Å². The van der Waals surface area contributed by atoms with Crippen LogP contribution in [0.1, 0.15) is 18.5 Å². The molecule has 0 aromatic heterocycles. The van der Waals surface area contributed by atoms with Gasteiger partial charge in [0, 0.05) is 4.47 Å². The summed E-state index contributed by atoms with van der Waals surface area (Å²) in [6, 6.07) is 7.66. The van der Waals surface area contributed by atoms with Gasteiger partial charge in [0.25, 0.3) is 5.91 Å². The van der Waals surface area contributed by atoms with E-state index in [-0.39, 0.29) is 17.7 Å². The molecule has 1 aromatic rings. The third kappa shape index (κ3) is 3.04. The Hall–Kier alpha value is -1.49. The van der Waals surface area contributed by atoms with Crippen LogP contribution in [-0.4, -0.2) is 19.1 Å². The van der Waals surface area contributed by atoms with Gasteiger partial charge in [-0.15, -0.1) is 0 Å². The number of rotatable bonds is 3. The summed E-state index contributed by atoms with van der Waals surface area (Å²) >= 11 is 3.46. The molecule has 5 heteroatoms. The maximum atomic E-state index is 11.9. The lowest BCUT2D eigenvalue weighted by atomic mass is 10.1. The van der Waals surface area contributed by atoms with Crippen LogP contribution in [0.3, 0.4) is 0 Å². The van der Waals surface area contributed by atoms with Crippen LogP contribution in [0.2, 0.25) is 0 Å². The van der Waals surface area contributed by atoms with Gasteiger partial charge in [0.1, 0.15) is 19.5 Å². The van der Waals surface area contributed by atoms with E-state index in [9.17, 15) is 4.79 Å². The number of halogens is 1. The minimum absolute atomic E-state index is 0.112. The van der Waals surface area contributed by atoms with Crippen LogP contribution in [0.5, 0.6) is 0 Å². The SMILES string of the molecule is CC(NC(=O)C1=COCCO1)c1ccccc1Br. The molecule has 1 atom stereocenters. The summed E-state index contributed by atoms with van der Waals surface area (Å²) in [5.74, 6) is -0.0434. The average Bonchev–Trinajstić information content (AvgIpc) is 2.40. The fourth-order valence-electron chi connectivity index (χ4n) is 1.66. The third-order valence-corrected chi connectivity index (χ3v) is 3.31. The highest BCUT2D eigenvalue weighted by molar-refractivity contribution is 9.10. The van der Waals surface area contributed by atoms with Crippen molar-refractivity contribution in [1.82, 2.24) is 5.32 Å². The van der Waals surface area contributed by atoms with E-state index < -0.39 is 0 Å². The van der Waals surface area contributed by atoms with E-state index >= 15 is 0 Å². The van der Waals surface area contributed by atoms with Crippen LogP contribution in [0.25, 0.3) is 0 Å². The maximum absolute atomic E-state index is 11.9. The molecular formula is C13H14BrNO3. The Bertz CT molecular complexity index is 473. The van der Waals surface area contributed by atoms with Gasteiger partial charge in [-0.3, -0.25) is 4.79 Å². The summed E-state index contributed by atoms with van der Waals surface area (Å²) in [5.41, 5.74) is 1.02. The first kappa shape index (κ1) is 13.0. The first-order valence-electron chi connectivity index (χ1n) is 5.68. The summed E-state index contributed by atoms with van der Waals surface area (Å²) in [6.45, 7) is 2.81. The fraction of sp³-hybridized carbons (Fsp3) is 0.308. The number of nitrogens with one attached hydrogen (secondary N) is 1. The minimum atomic E-state index is -0.266. The molecule has 1 unspecified atom stereocenters. The maximum Gasteiger partial charge on any atom is 0.290 e. The Kier molecular flexibility index (Phi) is 4.25. The van der Waals surface area contributed by atoms with Crippen molar-refractivity contribution in [3.8, 4) is 0 Å². The van der Waals surface area contributed by atoms with Crippen molar-refractivity contribution in [2.24, 2.45) is 0 Å². The summed E-state index contributed by atoms with van der Waals surface area (Å²) in [6.07, 6.45) is 1.35. The van der Waals surface area contributed by atoms with E-state index in [4.69, 9.17) is 9.47 Å². The molecule has 0 bridgehead atoms. The molecule has 0 radical (unpaired) electrons. The van der Waals surface area contributed by atoms with Crippen molar-refractivity contribution >= 4 is 21.8 Å². The zero-order chi connectivity index (χ0) is 13.0. The van der Waals surface area contributed by atoms with Gasteiger partial charge >= 0.3 is 0 Å². The second-order valence-corrected chi connectivity index (χ2v) is 4.77. The van der Waals surface area contributed by atoms with Crippen molar-refractivity contribution in [1.29, 1.82) is 0 Å². The number of hydrogen-bond donors (Lipinski definition) is 1. The van der Waals surface area contributed by atoms with Gasteiger partial charge in [0.05, 0.1) is 6.04 Å². The van der Waals surface area contributed by atoms with Gasteiger partial charge in [-0.25, -0.2) is 0 Å². The van der Waals surface area contributed by atoms with E-state index in [1.54, 1.807) is 0 Å². The number of benzene rings is 1. The fourth-order valence-corrected chi connectivity index (χ4v) is 2.29. The van der Waals surface area contributed by atoms with Crippen molar-refractivity contribution < 1.29 is 14.3 Å². The summed E-state index contributed by atoms with van der Waals surface area (Å²) < 4.78 is 11.2. The van der Waals surface area contributed by atoms with Crippen molar-refractivity contribution in [2.45, 2.75) is 13.0 Å². The molecule has 1 N–H and O–H groups in total. The van der Waals surface area contributed by atoms with Crippen LogP contribution < -0.4 is 5.32 Å². The number of carbonyl (C=O) groups is 1. The molecule has 0 spiro atoms. The van der Waals surface area contributed by atoms with Gasteiger partial charge < -0.3 is 14.8 Å². The molecule has 1 aliphatic rings. The summed E-state index contributed by atoms with van der Waals surface area (Å²) in [7, 11) is 0. The zero-order valence-corrected chi connectivity index (χ0v) is 11.6. The molecule has 0 saturated carbocycles. The Morgan fingerprint density at radius 3 is 2.83 bits per heavy atom. The van der Waals surface area contributed by atoms with E-state index in [0.717, 1.165) is 10.0 Å². The molecule has 1 amide bonds. The Morgan fingerprint density at radius 2 is 2.17 bits per heavy atom. The van der Waals surface area contributed by atoms with Crippen LogP contribution in [0.4, 0.5) is 0 Å². The van der Waals surface area contributed by atoms with E-state index in [1.165, 1.54) is 6.26 Å². The van der Waals surface area contributed by atoms with Crippen LogP contribution in [0, 0.1) is 0 Å². The second-order valence-electron chi connectivity index (χ2n) is 3.92. The molecule has 0 aliphatic carbocycles. The predicted octanol–water partition coefficient (Wildman–Crippen LogP) is 2.51. The molecular weight excluding hydrogens is 298 g/mol. The summed E-state index contributed by atoms with van der Waals surface area (Å²) in [4.78, 5) is 11.9. The Morgan fingerprint density at radius 1 is 1.39 bits per heavy atom. The van der Waals surface area contributed by atoms with Crippen molar-refractivity contribution in [3.63, 3.8) is 0 Å². The molecule has 2 rings (SSSR count). The predicted molar refractivity (Wildman–Crippen MR) is 70.7 cm³/mol. The average molecular weight is 312 g/mol. The normalized spacial score (nSPS) is 16.0. The van der Waals surface area contributed by atoms with Gasteiger partial charge in [-0.1, -0.05) is 34.1 Å². The Balaban J connectivity index is 2.03. The minimum Gasteiger partial charge on any atom is -0.494 e. The monoisotopic (exact) mass is 311 g/mol. The summed E-state index contributed by atoms with van der Waals surface area (Å²) in [5, 5.41) is 2.86. The first-order valence-corrected chi connectivity index (χ1v) is 6.47. The largest absolute Gasteiger partial charge is 0.494 e. The number of hydrogen-bond acceptors (Lipinski definition) is 3. The second kappa shape index (κ2) is 5.91. The molecule has 18 heavy (non-hydrogen) atoms. The van der Waals surface area contributed by atoms with E-state index in [1.807, 2.05) is 31.2 Å². The lowest BCUT2D eigenvalue weighted by molar-refractivity contribution is -0.122. The van der Waals surface area contributed by atoms with E-state index in [2.05, 4.69) is 21.2 Å². The molecule has 1 aliphatic heterocycles. The lowest BCUT2D eigenvalue weighted by Gasteiger charge is -2.19. The number of amides is 1. The van der Waals surface area contributed by atoms with E-state index in [0.29, 0.717) is 13.2 Å². The number of ether oxygens (including phenoxy) is 2. The molecule has 0 saturated heterocycles. The standard InChI is InChI=1S/C13H14BrNO3/c1-9(10-4-2-3-5-11(10)14)15-13(16)12-8-17-6-7-18-12/h2-5,8-9H,6-7H2,1H3,(H,15,16). The molecule has 0 fully saturated rings. The van der Waals surface area contributed by atoms with Gasteiger partial charge in [-0.05, 0) is 18.6 Å². The zero-order valence-electron chi connectivity index (χ0n) is 9.98. The van der Waals surface area contributed by atoms with Crippen LogP contribution in [-0.2, 0) is 14.3 Å².